The van der Waals surface area contributed by atoms with Crippen molar-refractivity contribution in [1.82, 2.24) is 10.2 Å². The van der Waals surface area contributed by atoms with Crippen molar-refractivity contribution in [3.8, 4) is 5.75 Å². The molecule has 0 aliphatic carbocycles. The lowest BCUT2D eigenvalue weighted by Crippen LogP contribution is -2.50. The molecule has 0 spiro atoms. The van der Waals surface area contributed by atoms with Crippen molar-refractivity contribution >= 4 is 39.1 Å². The molecular formula is C33H42ClN3O5S. The number of nitrogens with zero attached hydrogens (tertiary/aromatic N) is 2. The van der Waals surface area contributed by atoms with E-state index in [-0.39, 0.29) is 37.7 Å². The summed E-state index contributed by atoms with van der Waals surface area (Å²) in [5.41, 5.74) is 2.07. The van der Waals surface area contributed by atoms with Gasteiger partial charge in [-0.1, -0.05) is 85.6 Å². The molecule has 3 aromatic carbocycles. The van der Waals surface area contributed by atoms with E-state index in [1.54, 1.807) is 35.2 Å². The second-order valence-corrected chi connectivity index (χ2v) is 12.6. The first-order valence-corrected chi connectivity index (χ1v) is 16.9. The Morgan fingerprint density at radius 1 is 0.930 bits per heavy atom. The number of para-hydroxylation sites is 2. The topological polar surface area (TPSA) is 96.0 Å². The van der Waals surface area contributed by atoms with Crippen LogP contribution in [0, 0.1) is 0 Å². The number of sulfonamides is 1. The number of hydrogen-bond acceptors (Lipinski definition) is 5. The SMILES string of the molecule is CCCCNC(=O)C(Cc1ccccc1)N(Cc1ccccc1Cl)C(=O)CCCN(c1ccccc1OCC)S(C)(=O)=O. The summed E-state index contributed by atoms with van der Waals surface area (Å²) >= 11 is 6.50. The minimum atomic E-state index is -3.67. The fourth-order valence-electron chi connectivity index (χ4n) is 4.79. The molecule has 0 saturated carbocycles. The highest BCUT2D eigenvalue weighted by atomic mass is 35.5. The number of benzene rings is 3. The zero-order valence-corrected chi connectivity index (χ0v) is 26.7. The van der Waals surface area contributed by atoms with Gasteiger partial charge in [0.1, 0.15) is 11.8 Å². The summed E-state index contributed by atoms with van der Waals surface area (Å²) in [6, 6.07) is 23.0. The van der Waals surface area contributed by atoms with Gasteiger partial charge in [0.25, 0.3) is 0 Å². The summed E-state index contributed by atoms with van der Waals surface area (Å²) in [4.78, 5) is 29.2. The Bertz CT molecular complexity index is 1440. The van der Waals surface area contributed by atoms with Crippen LogP contribution in [-0.2, 0) is 32.6 Å². The summed E-state index contributed by atoms with van der Waals surface area (Å²) in [5, 5.41) is 3.51. The van der Waals surface area contributed by atoms with E-state index in [9.17, 15) is 18.0 Å². The van der Waals surface area contributed by atoms with E-state index in [1.165, 1.54) is 4.31 Å². The number of carbonyl (C=O) groups is 2. The average Bonchev–Trinajstić information content (AvgIpc) is 2.98. The van der Waals surface area contributed by atoms with E-state index < -0.39 is 16.1 Å². The van der Waals surface area contributed by atoms with Gasteiger partial charge in [-0.05, 0) is 49.1 Å². The highest BCUT2D eigenvalue weighted by Crippen LogP contribution is 2.30. The molecule has 0 bridgehead atoms. The number of anilines is 1. The number of unbranched alkanes of at least 4 members (excludes halogenated alkanes) is 1. The predicted octanol–water partition coefficient (Wildman–Crippen LogP) is 5.84. The molecule has 43 heavy (non-hydrogen) atoms. The second-order valence-electron chi connectivity index (χ2n) is 10.3. The van der Waals surface area contributed by atoms with E-state index in [0.29, 0.717) is 36.0 Å². The summed E-state index contributed by atoms with van der Waals surface area (Å²) in [6.07, 6.45) is 3.48. The quantitative estimate of drug-likeness (QED) is 0.190. The molecule has 10 heteroatoms. The van der Waals surface area contributed by atoms with Gasteiger partial charge < -0.3 is 15.0 Å². The fourth-order valence-corrected chi connectivity index (χ4v) is 5.96. The fraction of sp³-hybridized carbons (Fsp3) is 0.394. The molecule has 0 aliphatic heterocycles. The van der Waals surface area contributed by atoms with E-state index >= 15 is 0 Å². The van der Waals surface area contributed by atoms with E-state index in [2.05, 4.69) is 5.32 Å². The molecule has 1 unspecified atom stereocenters. The first kappa shape index (κ1) is 33.9. The number of nitrogens with one attached hydrogen (secondary N) is 1. The van der Waals surface area contributed by atoms with Crippen molar-refractivity contribution in [2.24, 2.45) is 0 Å². The molecular weight excluding hydrogens is 586 g/mol. The number of carbonyl (C=O) groups excluding carboxylic acids is 2. The predicted molar refractivity (Wildman–Crippen MR) is 173 cm³/mol. The van der Waals surface area contributed by atoms with Crippen molar-refractivity contribution in [2.75, 3.05) is 30.3 Å². The molecule has 0 saturated heterocycles. The van der Waals surface area contributed by atoms with Crippen molar-refractivity contribution in [3.63, 3.8) is 0 Å². The van der Waals surface area contributed by atoms with Crippen LogP contribution in [0.25, 0.3) is 0 Å². The number of halogens is 1. The Morgan fingerprint density at radius 2 is 1.60 bits per heavy atom. The normalized spacial score (nSPS) is 11.9. The van der Waals surface area contributed by atoms with Gasteiger partial charge in [0.15, 0.2) is 0 Å². The third-order valence-corrected chi connectivity index (χ3v) is 8.53. The van der Waals surface area contributed by atoms with E-state index in [1.807, 2.05) is 62.4 Å². The number of ether oxygens (including phenoxy) is 1. The monoisotopic (exact) mass is 627 g/mol. The minimum absolute atomic E-state index is 0.0286. The van der Waals surface area contributed by atoms with Gasteiger partial charge in [-0.3, -0.25) is 13.9 Å². The van der Waals surface area contributed by atoms with Gasteiger partial charge in [0.05, 0.1) is 18.6 Å². The molecule has 0 aliphatic rings. The van der Waals surface area contributed by atoms with Crippen LogP contribution in [-0.4, -0.2) is 57.1 Å². The van der Waals surface area contributed by atoms with Crippen LogP contribution in [0.1, 0.15) is 50.7 Å². The van der Waals surface area contributed by atoms with Gasteiger partial charge in [-0.25, -0.2) is 8.42 Å². The summed E-state index contributed by atoms with van der Waals surface area (Å²) in [7, 11) is -3.67. The van der Waals surface area contributed by atoms with Gasteiger partial charge in [0, 0.05) is 37.5 Å². The van der Waals surface area contributed by atoms with Gasteiger partial charge in [0.2, 0.25) is 21.8 Å². The van der Waals surface area contributed by atoms with Crippen molar-refractivity contribution in [2.45, 2.75) is 58.5 Å². The van der Waals surface area contributed by atoms with Gasteiger partial charge in [-0.15, -0.1) is 0 Å². The highest BCUT2D eigenvalue weighted by molar-refractivity contribution is 7.92. The average molecular weight is 628 g/mol. The number of amides is 2. The lowest BCUT2D eigenvalue weighted by molar-refractivity contribution is -0.141. The molecule has 0 aromatic heterocycles. The molecule has 1 atom stereocenters. The summed E-state index contributed by atoms with van der Waals surface area (Å²) < 4.78 is 32.6. The largest absolute Gasteiger partial charge is 0.492 e. The first-order chi connectivity index (χ1) is 20.7. The van der Waals surface area contributed by atoms with Crippen LogP contribution in [0.5, 0.6) is 5.75 Å². The Labute approximate surface area is 261 Å². The molecule has 232 valence electrons. The van der Waals surface area contributed by atoms with Gasteiger partial charge in [-0.2, -0.15) is 0 Å². The maximum atomic E-state index is 14.0. The minimum Gasteiger partial charge on any atom is -0.492 e. The summed E-state index contributed by atoms with van der Waals surface area (Å²) in [5.74, 6) is -0.0482. The van der Waals surface area contributed by atoms with E-state index in [0.717, 1.165) is 30.2 Å². The van der Waals surface area contributed by atoms with Crippen molar-refractivity contribution in [1.29, 1.82) is 0 Å². The maximum Gasteiger partial charge on any atom is 0.243 e. The molecule has 0 heterocycles. The highest BCUT2D eigenvalue weighted by Gasteiger charge is 2.31. The van der Waals surface area contributed by atoms with Crippen LogP contribution in [0.3, 0.4) is 0 Å². The second kappa shape index (κ2) is 16.9. The maximum absolute atomic E-state index is 14.0. The Morgan fingerprint density at radius 3 is 2.28 bits per heavy atom. The van der Waals surface area contributed by atoms with Crippen molar-refractivity contribution < 1.29 is 22.7 Å². The van der Waals surface area contributed by atoms with Crippen LogP contribution in [0.15, 0.2) is 78.9 Å². The molecule has 3 aromatic rings. The third-order valence-electron chi connectivity index (χ3n) is 6.99. The zero-order valence-electron chi connectivity index (χ0n) is 25.2. The first-order valence-electron chi connectivity index (χ1n) is 14.7. The number of rotatable bonds is 17. The lowest BCUT2D eigenvalue weighted by Gasteiger charge is -2.32. The Kier molecular flexibility index (Phi) is 13.3. The Balaban J connectivity index is 1.89. The molecule has 0 radical (unpaired) electrons. The Hall–Kier alpha value is -3.56. The van der Waals surface area contributed by atoms with Gasteiger partial charge >= 0.3 is 0 Å². The standard InChI is InChI=1S/C33H42ClN3O5S/c1-4-6-22-35-33(39)30(24-26-15-8-7-9-16-26)36(25-27-17-10-11-18-28(27)34)32(38)21-14-23-37(43(3,40)41)29-19-12-13-20-31(29)42-5-2/h7-13,15-20,30H,4-6,14,21-25H2,1-3H3,(H,35,39). The molecule has 1 N–H and O–H groups in total. The molecule has 3 rings (SSSR count). The van der Waals surface area contributed by atoms with Crippen LogP contribution >= 0.6 is 11.6 Å². The number of hydrogen-bond donors (Lipinski definition) is 1. The van der Waals surface area contributed by atoms with E-state index in [4.69, 9.17) is 16.3 Å². The molecule has 2 amide bonds. The lowest BCUT2D eigenvalue weighted by atomic mass is 10.0. The molecule has 0 fully saturated rings. The van der Waals surface area contributed by atoms with Crippen LogP contribution in [0.4, 0.5) is 5.69 Å². The van der Waals surface area contributed by atoms with Crippen LogP contribution < -0.4 is 14.4 Å². The van der Waals surface area contributed by atoms with Crippen molar-refractivity contribution in [3.05, 3.63) is 95.0 Å². The smallest absolute Gasteiger partial charge is 0.243 e. The third kappa shape index (κ3) is 10.3. The zero-order chi connectivity index (χ0) is 31.2. The molecule has 8 nitrogen and oxygen atoms in total. The van der Waals surface area contributed by atoms with Crippen LogP contribution in [0.2, 0.25) is 5.02 Å². The summed E-state index contributed by atoms with van der Waals surface area (Å²) in [6.45, 7) is 4.98.